The topological polar surface area (TPSA) is 46.2 Å². The molecule has 26 heavy (non-hydrogen) atoms. The number of ketones is 1. The lowest BCUT2D eigenvalue weighted by molar-refractivity contribution is 0.0933. The highest BCUT2D eigenvalue weighted by molar-refractivity contribution is 6.09. The Bertz CT molecular complexity index is 761. The Morgan fingerprint density at radius 2 is 1.50 bits per heavy atom. The van der Waals surface area contributed by atoms with Crippen LogP contribution >= 0.6 is 0 Å². The summed E-state index contributed by atoms with van der Waals surface area (Å²) < 4.78 is 0. The first-order chi connectivity index (χ1) is 12.6. The summed E-state index contributed by atoms with van der Waals surface area (Å²) in [6.45, 7) is 4.49. The van der Waals surface area contributed by atoms with Crippen molar-refractivity contribution in [3.63, 3.8) is 0 Å². The van der Waals surface area contributed by atoms with Gasteiger partial charge in [0.15, 0.2) is 5.78 Å². The Kier molecular flexibility index (Phi) is 5.55. The van der Waals surface area contributed by atoms with Crippen LogP contribution in [-0.2, 0) is 0 Å². The molecule has 1 saturated carbocycles. The predicted molar refractivity (Wildman–Crippen MR) is 104 cm³/mol. The van der Waals surface area contributed by atoms with Crippen LogP contribution in [0.1, 0.15) is 72.2 Å². The molecule has 1 N–H and O–H groups in total. The third-order valence-electron chi connectivity index (χ3n) is 5.98. The molecule has 136 valence electrons. The van der Waals surface area contributed by atoms with Gasteiger partial charge in [0, 0.05) is 22.7 Å². The summed E-state index contributed by atoms with van der Waals surface area (Å²) in [6, 6.07) is 16.4. The fourth-order valence-corrected chi connectivity index (χ4v) is 4.02. The first-order valence-electron chi connectivity index (χ1n) is 9.57. The summed E-state index contributed by atoms with van der Waals surface area (Å²) in [5.41, 5.74) is 2.26. The van der Waals surface area contributed by atoms with Gasteiger partial charge >= 0.3 is 0 Å². The molecule has 0 radical (unpaired) electrons. The maximum absolute atomic E-state index is 12.5. The van der Waals surface area contributed by atoms with Crippen LogP contribution in [0.2, 0.25) is 0 Å². The molecule has 1 fully saturated rings. The standard InChI is InChI=1S/C23H27NO2/c1-3-23(4-2)15-14-20(16-23)24-22(26)19-12-10-18(11-13-19)21(25)17-8-6-5-7-9-17/h5-13,20H,3-4,14-16H2,1-2H3,(H,24,26). The molecule has 0 spiro atoms. The summed E-state index contributed by atoms with van der Waals surface area (Å²) in [6.07, 6.45) is 5.65. The van der Waals surface area contributed by atoms with Gasteiger partial charge in [0.1, 0.15) is 0 Å². The molecule has 2 aromatic rings. The molecule has 3 heteroatoms. The molecule has 1 amide bonds. The Morgan fingerprint density at radius 1 is 0.923 bits per heavy atom. The highest BCUT2D eigenvalue weighted by Crippen LogP contribution is 2.43. The fraction of sp³-hybridized carbons (Fsp3) is 0.391. The fourth-order valence-electron chi connectivity index (χ4n) is 4.02. The van der Waals surface area contributed by atoms with Gasteiger partial charge < -0.3 is 5.32 Å². The van der Waals surface area contributed by atoms with Crippen LogP contribution in [0, 0.1) is 5.41 Å². The zero-order chi connectivity index (χ0) is 18.6. The monoisotopic (exact) mass is 349 g/mol. The number of amides is 1. The van der Waals surface area contributed by atoms with Gasteiger partial charge in [-0.3, -0.25) is 9.59 Å². The summed E-state index contributed by atoms with van der Waals surface area (Å²) in [5.74, 6) is -0.0688. The lowest BCUT2D eigenvalue weighted by Gasteiger charge is -2.26. The lowest BCUT2D eigenvalue weighted by atomic mass is 9.81. The molecule has 0 bridgehead atoms. The van der Waals surface area contributed by atoms with Crippen LogP contribution in [0.5, 0.6) is 0 Å². The number of carbonyl (C=O) groups excluding carboxylic acids is 2. The molecule has 3 nitrogen and oxygen atoms in total. The van der Waals surface area contributed by atoms with E-state index in [4.69, 9.17) is 0 Å². The summed E-state index contributed by atoms with van der Waals surface area (Å²) >= 11 is 0. The van der Waals surface area contributed by atoms with Crippen LogP contribution in [0.4, 0.5) is 0 Å². The lowest BCUT2D eigenvalue weighted by Crippen LogP contribution is -2.34. The van der Waals surface area contributed by atoms with E-state index in [1.165, 1.54) is 19.3 Å². The average Bonchev–Trinajstić information content (AvgIpc) is 3.12. The van der Waals surface area contributed by atoms with Crippen molar-refractivity contribution >= 4 is 11.7 Å². The minimum absolute atomic E-state index is 0.0240. The molecule has 0 saturated heterocycles. The number of benzene rings is 2. The van der Waals surface area contributed by atoms with E-state index >= 15 is 0 Å². The van der Waals surface area contributed by atoms with Gasteiger partial charge in [0.25, 0.3) is 5.91 Å². The van der Waals surface area contributed by atoms with Gasteiger partial charge in [-0.25, -0.2) is 0 Å². The molecule has 0 aliphatic heterocycles. The van der Waals surface area contributed by atoms with Crippen molar-refractivity contribution in [3.8, 4) is 0 Å². The van der Waals surface area contributed by atoms with Gasteiger partial charge in [-0.1, -0.05) is 69.2 Å². The van der Waals surface area contributed by atoms with Crippen molar-refractivity contribution in [1.29, 1.82) is 0 Å². The number of carbonyl (C=O) groups is 2. The molecule has 1 aliphatic carbocycles. The number of hydrogen-bond acceptors (Lipinski definition) is 2. The van der Waals surface area contributed by atoms with E-state index in [1.807, 2.05) is 18.2 Å². The van der Waals surface area contributed by atoms with Gasteiger partial charge in [-0.15, -0.1) is 0 Å². The summed E-state index contributed by atoms with van der Waals surface area (Å²) in [4.78, 5) is 25.0. The highest BCUT2D eigenvalue weighted by Gasteiger charge is 2.36. The minimum Gasteiger partial charge on any atom is -0.349 e. The van der Waals surface area contributed by atoms with Crippen molar-refractivity contribution < 1.29 is 9.59 Å². The van der Waals surface area contributed by atoms with Crippen LogP contribution in [-0.4, -0.2) is 17.7 Å². The SMILES string of the molecule is CCC1(CC)CCC(NC(=O)c2ccc(C(=O)c3ccccc3)cc2)C1. The number of nitrogens with one attached hydrogen (secondary N) is 1. The van der Waals surface area contributed by atoms with E-state index in [0.717, 1.165) is 12.8 Å². The normalized spacial score (nSPS) is 18.5. The molecule has 1 unspecified atom stereocenters. The molecule has 0 aromatic heterocycles. The van der Waals surface area contributed by atoms with Crippen molar-refractivity contribution in [2.75, 3.05) is 0 Å². The molecule has 1 atom stereocenters. The van der Waals surface area contributed by atoms with E-state index in [2.05, 4.69) is 19.2 Å². The first-order valence-corrected chi connectivity index (χ1v) is 9.57. The zero-order valence-corrected chi connectivity index (χ0v) is 15.6. The quantitative estimate of drug-likeness (QED) is 0.746. The zero-order valence-electron chi connectivity index (χ0n) is 15.6. The van der Waals surface area contributed by atoms with E-state index in [-0.39, 0.29) is 17.7 Å². The maximum Gasteiger partial charge on any atom is 0.251 e. The van der Waals surface area contributed by atoms with Crippen LogP contribution in [0.3, 0.4) is 0 Å². The Hall–Kier alpha value is -2.42. The van der Waals surface area contributed by atoms with Crippen LogP contribution < -0.4 is 5.32 Å². The second kappa shape index (κ2) is 7.86. The molecular weight excluding hydrogens is 322 g/mol. The molecule has 0 heterocycles. The van der Waals surface area contributed by atoms with E-state index in [9.17, 15) is 9.59 Å². The summed E-state index contributed by atoms with van der Waals surface area (Å²) in [5, 5.41) is 3.18. The predicted octanol–water partition coefficient (Wildman–Crippen LogP) is 5.01. The Morgan fingerprint density at radius 3 is 2.08 bits per heavy atom. The third kappa shape index (κ3) is 3.87. The number of hydrogen-bond donors (Lipinski definition) is 1. The van der Waals surface area contributed by atoms with Crippen molar-refractivity contribution in [3.05, 3.63) is 71.3 Å². The minimum atomic E-state index is -0.0447. The average molecular weight is 349 g/mol. The third-order valence-corrected chi connectivity index (χ3v) is 5.98. The maximum atomic E-state index is 12.5. The van der Waals surface area contributed by atoms with E-state index < -0.39 is 0 Å². The molecule has 2 aromatic carbocycles. The highest BCUT2D eigenvalue weighted by atomic mass is 16.1. The second-order valence-electron chi connectivity index (χ2n) is 7.39. The smallest absolute Gasteiger partial charge is 0.251 e. The second-order valence-corrected chi connectivity index (χ2v) is 7.39. The van der Waals surface area contributed by atoms with Gasteiger partial charge in [0.05, 0.1) is 0 Å². The number of rotatable bonds is 6. The first kappa shape index (κ1) is 18.4. The van der Waals surface area contributed by atoms with Crippen molar-refractivity contribution in [2.24, 2.45) is 5.41 Å². The largest absolute Gasteiger partial charge is 0.349 e. The van der Waals surface area contributed by atoms with Crippen LogP contribution in [0.25, 0.3) is 0 Å². The molecular formula is C23H27NO2. The van der Waals surface area contributed by atoms with Gasteiger partial charge in [-0.2, -0.15) is 0 Å². The van der Waals surface area contributed by atoms with Crippen molar-refractivity contribution in [2.45, 2.75) is 52.0 Å². The van der Waals surface area contributed by atoms with E-state index in [0.29, 0.717) is 22.1 Å². The van der Waals surface area contributed by atoms with Crippen LogP contribution in [0.15, 0.2) is 54.6 Å². The van der Waals surface area contributed by atoms with Gasteiger partial charge in [-0.05, 0) is 36.8 Å². The Balaban J connectivity index is 1.64. The van der Waals surface area contributed by atoms with Crippen molar-refractivity contribution in [1.82, 2.24) is 5.32 Å². The van der Waals surface area contributed by atoms with E-state index in [1.54, 1.807) is 36.4 Å². The van der Waals surface area contributed by atoms with Gasteiger partial charge in [0.2, 0.25) is 0 Å². The summed E-state index contributed by atoms with van der Waals surface area (Å²) in [7, 11) is 0. The Labute approximate surface area is 155 Å². The molecule has 3 rings (SSSR count). The molecule has 1 aliphatic rings.